The third-order valence-corrected chi connectivity index (χ3v) is 7.95. The highest BCUT2D eigenvalue weighted by atomic mass is 16.3. The molecule has 2 heterocycles. The van der Waals surface area contributed by atoms with Crippen LogP contribution in [0, 0.1) is 17.8 Å². The Hall–Kier alpha value is -3.46. The number of carbonyl (C=O) groups is 2. The Morgan fingerprint density at radius 3 is 2.65 bits per heavy atom. The van der Waals surface area contributed by atoms with Crippen molar-refractivity contribution in [3.63, 3.8) is 0 Å². The molecule has 7 rings (SSSR count). The van der Waals surface area contributed by atoms with Crippen LogP contribution in [0.15, 0.2) is 36.7 Å². The highest BCUT2D eigenvalue weighted by Gasteiger charge is 2.55. The van der Waals surface area contributed by atoms with Crippen molar-refractivity contribution in [3.8, 4) is 11.3 Å². The van der Waals surface area contributed by atoms with Crippen molar-refractivity contribution in [1.82, 2.24) is 19.9 Å². The van der Waals surface area contributed by atoms with Crippen LogP contribution in [0.25, 0.3) is 22.2 Å². The first-order valence-electron chi connectivity index (χ1n) is 11.8. The molecule has 2 aromatic heterocycles. The summed E-state index contributed by atoms with van der Waals surface area (Å²) < 4.78 is 1.78. The summed E-state index contributed by atoms with van der Waals surface area (Å²) >= 11 is 0. The molecule has 4 aliphatic rings. The Balaban J connectivity index is 1.27. The second-order valence-corrected chi connectivity index (χ2v) is 10.4. The van der Waals surface area contributed by atoms with Crippen LogP contribution in [0.1, 0.15) is 42.6 Å². The lowest BCUT2D eigenvalue weighted by atomic mass is 9.52. The molecule has 0 radical (unpaired) electrons. The zero-order chi connectivity index (χ0) is 23.6. The van der Waals surface area contributed by atoms with Crippen LogP contribution in [0.4, 0.5) is 5.82 Å². The van der Waals surface area contributed by atoms with E-state index >= 15 is 0 Å². The molecule has 9 heteroatoms. The van der Waals surface area contributed by atoms with Crippen molar-refractivity contribution >= 4 is 28.5 Å². The molecule has 0 aliphatic heterocycles. The van der Waals surface area contributed by atoms with Crippen molar-refractivity contribution in [1.29, 1.82) is 0 Å². The number of fused-ring (bicyclic) bond motifs is 1. The Labute approximate surface area is 196 Å². The molecule has 2 amide bonds. The molecule has 1 aromatic carbocycles. The van der Waals surface area contributed by atoms with Crippen molar-refractivity contribution < 1.29 is 14.7 Å². The fraction of sp³-hybridized carbons (Fsp3) is 0.440. The molecule has 2 atom stereocenters. The number of primary amides is 1. The van der Waals surface area contributed by atoms with Crippen LogP contribution >= 0.6 is 0 Å². The summed E-state index contributed by atoms with van der Waals surface area (Å²) in [5.41, 5.74) is 13.1. The van der Waals surface area contributed by atoms with E-state index in [-0.39, 0.29) is 41.8 Å². The van der Waals surface area contributed by atoms with E-state index in [1.807, 2.05) is 30.5 Å². The van der Waals surface area contributed by atoms with E-state index in [9.17, 15) is 14.7 Å². The van der Waals surface area contributed by atoms with E-state index in [1.165, 1.54) is 0 Å². The van der Waals surface area contributed by atoms with Gasteiger partial charge >= 0.3 is 0 Å². The molecule has 4 bridgehead atoms. The minimum atomic E-state index is -0.554. The number of aliphatic hydroxyl groups is 1. The molecule has 0 saturated heterocycles. The summed E-state index contributed by atoms with van der Waals surface area (Å²) in [6.07, 6.45) is 7.86. The predicted molar refractivity (Wildman–Crippen MR) is 126 cm³/mol. The average molecular weight is 461 g/mol. The number of nitrogen functional groups attached to an aromatic ring is 1. The van der Waals surface area contributed by atoms with E-state index in [0.717, 1.165) is 48.6 Å². The van der Waals surface area contributed by atoms with Gasteiger partial charge in [-0.05, 0) is 67.4 Å². The van der Waals surface area contributed by atoms with Gasteiger partial charge in [0, 0.05) is 23.3 Å². The predicted octanol–water partition coefficient (Wildman–Crippen LogP) is 1.84. The first-order chi connectivity index (χ1) is 16.3. The number of amides is 2. The largest absolute Gasteiger partial charge is 0.390 e. The standard InChI is InChI=1S/C25H28N6O3/c26-20(32)12-31-4-3-14-1-2-15(7-19(14)31)18-11-28-23(27)22(29-18)24(33)30-21-16-5-13-6-17(21)10-25(34,8-13)9-16/h1-4,7,11,13,16-17,21,34H,5-6,8-10,12H2,(H2,26,32)(H2,27,28)(H,30,33). The van der Waals surface area contributed by atoms with Gasteiger partial charge in [-0.25, -0.2) is 9.97 Å². The average Bonchev–Trinajstić information content (AvgIpc) is 3.16. The minimum Gasteiger partial charge on any atom is -0.390 e. The molecule has 9 nitrogen and oxygen atoms in total. The molecule has 4 saturated carbocycles. The van der Waals surface area contributed by atoms with E-state index in [4.69, 9.17) is 11.5 Å². The summed E-state index contributed by atoms with van der Waals surface area (Å²) in [4.78, 5) is 33.5. The lowest BCUT2D eigenvalue weighted by Crippen LogP contribution is -2.61. The van der Waals surface area contributed by atoms with Crippen molar-refractivity contribution in [2.75, 3.05) is 5.73 Å². The molecule has 6 N–H and O–H groups in total. The van der Waals surface area contributed by atoms with Gasteiger partial charge in [-0.3, -0.25) is 9.59 Å². The Bertz CT molecular complexity index is 1300. The number of anilines is 1. The highest BCUT2D eigenvalue weighted by Crippen LogP contribution is 2.55. The Kier molecular flexibility index (Phi) is 4.67. The normalized spacial score (nSPS) is 29.4. The fourth-order valence-corrected chi connectivity index (χ4v) is 6.79. The van der Waals surface area contributed by atoms with Crippen molar-refractivity contribution in [3.05, 3.63) is 42.4 Å². The SMILES string of the molecule is NC(=O)Cn1ccc2ccc(-c3cnc(N)c(C(=O)NC4C5CC6CC4CC(O)(C6)C5)n3)cc21. The van der Waals surface area contributed by atoms with Gasteiger partial charge < -0.3 is 26.5 Å². The Morgan fingerprint density at radius 2 is 1.94 bits per heavy atom. The van der Waals surface area contributed by atoms with Crippen LogP contribution in [0.5, 0.6) is 0 Å². The van der Waals surface area contributed by atoms with Crippen molar-refractivity contribution in [2.45, 2.75) is 50.3 Å². The molecule has 4 fully saturated rings. The monoisotopic (exact) mass is 460 g/mol. The molecule has 3 aromatic rings. The number of nitrogens with one attached hydrogen (secondary N) is 1. The van der Waals surface area contributed by atoms with E-state index < -0.39 is 11.5 Å². The molecule has 176 valence electrons. The van der Waals surface area contributed by atoms with Gasteiger partial charge in [-0.15, -0.1) is 0 Å². The first kappa shape index (κ1) is 21.1. The summed E-state index contributed by atoms with van der Waals surface area (Å²) in [5.74, 6) is 0.478. The number of benzene rings is 1. The van der Waals surface area contributed by atoms with Gasteiger partial charge in [0.2, 0.25) is 5.91 Å². The molecular formula is C25H28N6O3. The molecule has 34 heavy (non-hydrogen) atoms. The third kappa shape index (κ3) is 3.51. The molecule has 0 spiro atoms. The maximum Gasteiger partial charge on any atom is 0.273 e. The van der Waals surface area contributed by atoms with Gasteiger partial charge in [0.1, 0.15) is 6.54 Å². The smallest absolute Gasteiger partial charge is 0.273 e. The lowest BCUT2D eigenvalue weighted by molar-refractivity contribution is -0.137. The molecule has 4 aliphatic carbocycles. The van der Waals surface area contributed by atoms with Crippen LogP contribution < -0.4 is 16.8 Å². The lowest BCUT2D eigenvalue weighted by Gasteiger charge is -2.58. The third-order valence-electron chi connectivity index (χ3n) is 7.95. The molecule has 2 unspecified atom stereocenters. The zero-order valence-electron chi connectivity index (χ0n) is 18.8. The number of nitrogens with two attached hydrogens (primary N) is 2. The second-order valence-electron chi connectivity index (χ2n) is 10.4. The maximum absolute atomic E-state index is 13.3. The number of hydrogen-bond donors (Lipinski definition) is 4. The zero-order valence-corrected chi connectivity index (χ0v) is 18.8. The minimum absolute atomic E-state index is 0.0302. The number of aromatic nitrogens is 3. The fourth-order valence-electron chi connectivity index (χ4n) is 6.79. The van der Waals surface area contributed by atoms with Gasteiger partial charge in [-0.2, -0.15) is 0 Å². The number of carbonyl (C=O) groups excluding carboxylic acids is 2. The van der Waals surface area contributed by atoms with Crippen LogP contribution in [-0.4, -0.2) is 43.1 Å². The van der Waals surface area contributed by atoms with E-state index in [0.29, 0.717) is 11.6 Å². The number of rotatable bonds is 5. The summed E-state index contributed by atoms with van der Waals surface area (Å²) in [6.45, 7) is 0.0771. The highest BCUT2D eigenvalue weighted by molar-refractivity contribution is 5.97. The quantitative estimate of drug-likeness (QED) is 0.456. The Morgan fingerprint density at radius 1 is 1.18 bits per heavy atom. The van der Waals surface area contributed by atoms with Crippen molar-refractivity contribution in [2.24, 2.45) is 23.5 Å². The topological polar surface area (TPSA) is 149 Å². The van der Waals surface area contributed by atoms with Crippen LogP contribution in [-0.2, 0) is 11.3 Å². The van der Waals surface area contributed by atoms with Gasteiger partial charge in [-0.1, -0.05) is 12.1 Å². The van der Waals surface area contributed by atoms with Crippen LogP contribution in [0.3, 0.4) is 0 Å². The second kappa shape index (κ2) is 7.53. The maximum atomic E-state index is 13.3. The van der Waals surface area contributed by atoms with Gasteiger partial charge in [0.05, 0.1) is 17.5 Å². The van der Waals surface area contributed by atoms with Gasteiger partial charge in [0.25, 0.3) is 5.91 Å². The van der Waals surface area contributed by atoms with Gasteiger partial charge in [0.15, 0.2) is 11.5 Å². The molecular weight excluding hydrogens is 432 g/mol. The summed E-state index contributed by atoms with van der Waals surface area (Å²) in [7, 11) is 0. The van der Waals surface area contributed by atoms with E-state index in [2.05, 4.69) is 15.3 Å². The van der Waals surface area contributed by atoms with E-state index in [1.54, 1.807) is 10.8 Å². The number of hydrogen-bond acceptors (Lipinski definition) is 6. The first-order valence-corrected chi connectivity index (χ1v) is 11.8. The van der Waals surface area contributed by atoms with Crippen LogP contribution in [0.2, 0.25) is 0 Å². The summed E-state index contributed by atoms with van der Waals surface area (Å²) in [5, 5.41) is 15.0. The summed E-state index contributed by atoms with van der Waals surface area (Å²) in [6, 6.07) is 7.68. The number of nitrogens with zero attached hydrogens (tertiary/aromatic N) is 3.